The van der Waals surface area contributed by atoms with Gasteiger partial charge in [0.25, 0.3) is 0 Å². The predicted molar refractivity (Wildman–Crippen MR) is 118 cm³/mol. The summed E-state index contributed by atoms with van der Waals surface area (Å²) in [7, 11) is 1.67. The van der Waals surface area contributed by atoms with Crippen molar-refractivity contribution in [2.24, 2.45) is 5.41 Å². The molecule has 1 fully saturated rings. The maximum absolute atomic E-state index is 13.5. The minimum absolute atomic E-state index is 0.0538. The average Bonchev–Trinajstić information content (AvgIpc) is 3.23. The molecule has 1 aliphatic rings. The summed E-state index contributed by atoms with van der Waals surface area (Å²) in [6.45, 7) is 6.64. The summed E-state index contributed by atoms with van der Waals surface area (Å²) in [6, 6.07) is 8.00. The van der Waals surface area contributed by atoms with E-state index in [1.54, 1.807) is 31.5 Å². The number of hydrogen-bond donors (Lipinski definition) is 2. The molecule has 0 saturated carbocycles. The monoisotopic (exact) mass is 441 g/mol. The van der Waals surface area contributed by atoms with E-state index in [0.29, 0.717) is 55.2 Å². The zero-order chi connectivity index (χ0) is 22.6. The summed E-state index contributed by atoms with van der Waals surface area (Å²) < 4.78 is 30.4. The van der Waals surface area contributed by atoms with Gasteiger partial charge in [-0.3, -0.25) is 0 Å². The van der Waals surface area contributed by atoms with Gasteiger partial charge in [-0.1, -0.05) is 13.8 Å². The van der Waals surface area contributed by atoms with Crippen LogP contribution in [-0.2, 0) is 14.2 Å². The Morgan fingerprint density at radius 2 is 1.91 bits per heavy atom. The van der Waals surface area contributed by atoms with E-state index in [0.717, 1.165) is 12.0 Å². The molecule has 4 rings (SSSR count). The summed E-state index contributed by atoms with van der Waals surface area (Å²) in [6.07, 6.45) is 1.92. The molecule has 2 aromatic heterocycles. The number of methoxy groups -OCH3 is 1. The van der Waals surface area contributed by atoms with Gasteiger partial charge < -0.3 is 24.5 Å². The summed E-state index contributed by atoms with van der Waals surface area (Å²) in [4.78, 5) is 17.0. The number of hydrogen-bond acceptors (Lipinski definition) is 7. The van der Waals surface area contributed by atoms with Crippen LogP contribution >= 0.6 is 0 Å². The minimum Gasteiger partial charge on any atom is -0.385 e. The lowest BCUT2D eigenvalue weighted by Gasteiger charge is -2.33. The normalized spacial score (nSPS) is 16.2. The van der Waals surface area contributed by atoms with E-state index < -0.39 is 6.29 Å². The molecule has 0 aliphatic carbocycles. The van der Waals surface area contributed by atoms with Crippen LogP contribution in [0.15, 0.2) is 36.5 Å². The highest BCUT2D eigenvalue weighted by Crippen LogP contribution is 2.35. The molecule has 3 heterocycles. The van der Waals surface area contributed by atoms with Crippen LogP contribution in [-0.4, -0.2) is 53.4 Å². The molecule has 0 atom stereocenters. The highest BCUT2D eigenvalue weighted by Gasteiger charge is 2.32. The fourth-order valence-corrected chi connectivity index (χ4v) is 3.36. The maximum Gasteiger partial charge on any atom is 0.223 e. The number of H-pyrrole nitrogens is 1. The van der Waals surface area contributed by atoms with Crippen LogP contribution in [0.5, 0.6) is 0 Å². The average molecular weight is 442 g/mol. The number of benzene rings is 1. The molecular weight excluding hydrogens is 413 g/mol. The largest absolute Gasteiger partial charge is 0.385 e. The van der Waals surface area contributed by atoms with Gasteiger partial charge in [0.05, 0.1) is 30.3 Å². The van der Waals surface area contributed by atoms with E-state index in [-0.39, 0.29) is 11.2 Å². The highest BCUT2D eigenvalue weighted by atomic mass is 19.1. The highest BCUT2D eigenvalue weighted by molar-refractivity contribution is 5.77. The topological polar surface area (TPSA) is 94.2 Å². The van der Waals surface area contributed by atoms with Gasteiger partial charge in [-0.05, 0) is 36.8 Å². The Bertz CT molecular complexity index is 1030. The molecule has 3 aromatic rings. The van der Waals surface area contributed by atoms with Crippen molar-refractivity contribution in [3.8, 4) is 22.6 Å². The Balaban J connectivity index is 1.66. The number of imidazole rings is 1. The van der Waals surface area contributed by atoms with Crippen molar-refractivity contribution < 1.29 is 18.6 Å². The lowest BCUT2D eigenvalue weighted by Crippen LogP contribution is -2.34. The third-order valence-corrected chi connectivity index (χ3v) is 5.03. The second kappa shape index (κ2) is 9.72. The van der Waals surface area contributed by atoms with E-state index in [1.165, 1.54) is 12.1 Å². The van der Waals surface area contributed by atoms with Crippen molar-refractivity contribution in [2.45, 2.75) is 26.6 Å². The van der Waals surface area contributed by atoms with Gasteiger partial charge in [-0.2, -0.15) is 0 Å². The second-order valence-corrected chi connectivity index (χ2v) is 8.51. The first-order valence-corrected chi connectivity index (χ1v) is 10.6. The van der Waals surface area contributed by atoms with Gasteiger partial charge in [0.2, 0.25) is 12.2 Å². The summed E-state index contributed by atoms with van der Waals surface area (Å²) in [5.41, 5.74) is 2.69. The fraction of sp³-hybridized carbons (Fsp3) is 0.435. The lowest BCUT2D eigenvalue weighted by molar-refractivity contribution is -0.229. The molecule has 0 bridgehead atoms. The van der Waals surface area contributed by atoms with Gasteiger partial charge in [0.1, 0.15) is 5.82 Å². The molecule has 2 N–H and O–H groups in total. The first-order chi connectivity index (χ1) is 15.4. The van der Waals surface area contributed by atoms with E-state index in [1.807, 2.05) is 0 Å². The van der Waals surface area contributed by atoms with Crippen LogP contribution < -0.4 is 5.32 Å². The van der Waals surface area contributed by atoms with E-state index in [2.05, 4.69) is 34.1 Å². The van der Waals surface area contributed by atoms with Gasteiger partial charge in [-0.15, -0.1) is 0 Å². The van der Waals surface area contributed by atoms with Gasteiger partial charge >= 0.3 is 0 Å². The third kappa shape index (κ3) is 5.29. The van der Waals surface area contributed by atoms with Crippen LogP contribution in [0.25, 0.3) is 22.6 Å². The molecule has 1 saturated heterocycles. The molecule has 32 heavy (non-hydrogen) atoms. The molecule has 1 aliphatic heterocycles. The summed E-state index contributed by atoms with van der Waals surface area (Å²) >= 11 is 0. The molecule has 8 nitrogen and oxygen atoms in total. The Labute approximate surface area is 186 Å². The van der Waals surface area contributed by atoms with Crippen molar-refractivity contribution in [1.82, 2.24) is 19.9 Å². The molecule has 0 amide bonds. The molecule has 170 valence electrons. The first kappa shape index (κ1) is 22.3. The molecule has 0 radical (unpaired) electrons. The second-order valence-electron chi connectivity index (χ2n) is 8.51. The molecule has 0 spiro atoms. The number of nitrogens with one attached hydrogen (secondary N) is 2. The number of aromatic amines is 1. The third-order valence-electron chi connectivity index (χ3n) is 5.03. The number of halogens is 1. The molecule has 0 unspecified atom stereocenters. The zero-order valence-corrected chi connectivity index (χ0v) is 18.5. The zero-order valence-electron chi connectivity index (χ0n) is 18.5. The van der Waals surface area contributed by atoms with Crippen molar-refractivity contribution in [3.05, 3.63) is 48.2 Å². The van der Waals surface area contributed by atoms with E-state index >= 15 is 0 Å². The van der Waals surface area contributed by atoms with E-state index in [9.17, 15) is 4.39 Å². The molecular formula is C23H28FN5O3. The smallest absolute Gasteiger partial charge is 0.223 e. The van der Waals surface area contributed by atoms with Gasteiger partial charge in [0, 0.05) is 37.4 Å². The van der Waals surface area contributed by atoms with Crippen LogP contribution in [0, 0.1) is 11.2 Å². The molecule has 1 aromatic carbocycles. The van der Waals surface area contributed by atoms with Crippen LogP contribution in [0.1, 0.15) is 32.4 Å². The Morgan fingerprint density at radius 3 is 2.62 bits per heavy atom. The van der Waals surface area contributed by atoms with Crippen molar-refractivity contribution in [3.63, 3.8) is 0 Å². The van der Waals surface area contributed by atoms with Crippen molar-refractivity contribution in [2.75, 3.05) is 38.8 Å². The predicted octanol–water partition coefficient (Wildman–Crippen LogP) is 4.19. The van der Waals surface area contributed by atoms with Crippen molar-refractivity contribution >= 4 is 5.95 Å². The van der Waals surface area contributed by atoms with Crippen LogP contribution in [0.2, 0.25) is 0 Å². The van der Waals surface area contributed by atoms with Gasteiger partial charge in [0.15, 0.2) is 5.82 Å². The maximum atomic E-state index is 13.5. The van der Waals surface area contributed by atoms with Crippen molar-refractivity contribution in [1.29, 1.82) is 0 Å². The first-order valence-electron chi connectivity index (χ1n) is 10.6. The SMILES string of the molecule is COCCCNc1nccc(-c2[nH]c(C3OCC(C)(C)CO3)nc2-c2ccc(F)cc2)n1. The standard InChI is InChI=1S/C23H28FN5O3/c1-23(2)13-31-21(32-14-23)20-28-18(15-5-7-16(24)8-6-15)19(29-20)17-9-11-26-22(27-17)25-10-4-12-30-3/h5-9,11,21H,4,10,12-14H2,1-3H3,(H,28,29)(H,25,26,27). The summed E-state index contributed by atoms with van der Waals surface area (Å²) in [5.74, 6) is 0.742. The Kier molecular flexibility index (Phi) is 6.78. The van der Waals surface area contributed by atoms with E-state index in [4.69, 9.17) is 19.2 Å². The molecule has 9 heteroatoms. The summed E-state index contributed by atoms with van der Waals surface area (Å²) in [5, 5.41) is 3.20. The number of nitrogens with zero attached hydrogens (tertiary/aromatic N) is 3. The van der Waals surface area contributed by atoms with Gasteiger partial charge in [-0.25, -0.2) is 19.3 Å². The Hall–Kier alpha value is -2.88. The lowest BCUT2D eigenvalue weighted by atomic mass is 9.96. The number of rotatable bonds is 8. The van der Waals surface area contributed by atoms with Crippen LogP contribution in [0.3, 0.4) is 0 Å². The Morgan fingerprint density at radius 1 is 1.16 bits per heavy atom. The number of anilines is 1. The minimum atomic E-state index is -0.607. The quantitative estimate of drug-likeness (QED) is 0.506. The fourth-order valence-electron chi connectivity index (χ4n) is 3.36. The number of ether oxygens (including phenoxy) is 3. The number of aromatic nitrogens is 4. The van der Waals surface area contributed by atoms with Crippen LogP contribution in [0.4, 0.5) is 10.3 Å².